The van der Waals surface area contributed by atoms with Gasteiger partial charge in [-0.15, -0.1) is 0 Å². The molecule has 0 unspecified atom stereocenters. The molecule has 0 aliphatic carbocycles. The van der Waals surface area contributed by atoms with Gasteiger partial charge < -0.3 is 14.4 Å². The van der Waals surface area contributed by atoms with Crippen LogP contribution >= 0.6 is 7.60 Å². The van der Waals surface area contributed by atoms with Crippen molar-refractivity contribution >= 4 is 7.60 Å². The molecule has 0 aliphatic heterocycles. The molecule has 0 bridgehead atoms. The summed E-state index contributed by atoms with van der Waals surface area (Å²) in [5.74, 6) is 0. The Morgan fingerprint density at radius 3 is 1.47 bits per heavy atom. The van der Waals surface area contributed by atoms with Gasteiger partial charge in [-0.05, 0) is 12.6 Å². The van der Waals surface area contributed by atoms with Crippen LogP contribution in [0.5, 0.6) is 0 Å². The van der Waals surface area contributed by atoms with Crippen LogP contribution in [0.3, 0.4) is 0 Å². The first-order valence-corrected chi connectivity index (χ1v) is 8.30. The van der Waals surface area contributed by atoms with Gasteiger partial charge in [0.2, 0.25) is 0 Å². The van der Waals surface area contributed by atoms with Gasteiger partial charge in [-0.2, -0.15) is 0 Å². The number of hydrogen-bond donors (Lipinski definition) is 0. The van der Waals surface area contributed by atoms with Crippen LogP contribution < -0.4 is 9.79 Å². The van der Waals surface area contributed by atoms with Crippen LogP contribution in [-0.4, -0.2) is 6.16 Å². The molecule has 0 aliphatic rings. The summed E-state index contributed by atoms with van der Waals surface area (Å²) in [6.45, 7) is 2.21. The van der Waals surface area contributed by atoms with Gasteiger partial charge in [0, 0.05) is 0 Å². The van der Waals surface area contributed by atoms with Gasteiger partial charge >= 0.3 is 16.5 Å². The first kappa shape index (κ1) is 20.0. The Bertz CT molecular complexity index is 194. The average Bonchev–Trinajstić information content (AvgIpc) is 2.19. The van der Waals surface area contributed by atoms with Crippen molar-refractivity contribution in [2.75, 3.05) is 6.16 Å². The molecular formula is C12H25NiO3P. The summed E-state index contributed by atoms with van der Waals surface area (Å²) in [5, 5.41) is 0. The molecule has 3 nitrogen and oxygen atoms in total. The van der Waals surface area contributed by atoms with Crippen LogP contribution in [0.1, 0.15) is 71.1 Å². The molecule has 0 rings (SSSR count). The van der Waals surface area contributed by atoms with Crippen molar-refractivity contribution in [3.05, 3.63) is 0 Å². The number of unbranched alkanes of at least 4 members (excludes halogenated alkanes) is 9. The summed E-state index contributed by atoms with van der Waals surface area (Å²) in [6.07, 6.45) is 11.3. The second kappa shape index (κ2) is 13.1. The smallest absolute Gasteiger partial charge is 0.811 e. The minimum absolute atomic E-state index is 0. The van der Waals surface area contributed by atoms with E-state index in [0.717, 1.165) is 12.8 Å². The maximum absolute atomic E-state index is 10.3. The zero-order valence-corrected chi connectivity index (χ0v) is 12.6. The van der Waals surface area contributed by atoms with E-state index in [-0.39, 0.29) is 22.7 Å². The second-order valence-corrected chi connectivity index (χ2v) is 6.19. The number of hydrogen-bond acceptors (Lipinski definition) is 3. The normalized spacial score (nSPS) is 11.2. The fourth-order valence-corrected chi connectivity index (χ4v) is 2.40. The molecule has 0 N–H and O–H groups in total. The molecule has 0 aromatic rings. The van der Waals surface area contributed by atoms with Crippen LogP contribution in [-0.2, 0) is 21.1 Å². The minimum atomic E-state index is -4.24. The van der Waals surface area contributed by atoms with E-state index in [2.05, 4.69) is 6.92 Å². The maximum atomic E-state index is 10.3. The molecular weight excluding hydrogens is 282 g/mol. The molecule has 106 valence electrons. The Kier molecular flexibility index (Phi) is 15.4. The Balaban J connectivity index is 0. The van der Waals surface area contributed by atoms with E-state index in [1.807, 2.05) is 0 Å². The summed E-state index contributed by atoms with van der Waals surface area (Å²) < 4.78 is 10.3. The van der Waals surface area contributed by atoms with Gasteiger partial charge in [0.15, 0.2) is 0 Å². The van der Waals surface area contributed by atoms with Gasteiger partial charge in [-0.1, -0.05) is 72.3 Å². The molecule has 0 heterocycles. The molecule has 0 amide bonds. The largest absolute Gasteiger partial charge is 2.00 e. The first-order valence-electron chi connectivity index (χ1n) is 6.57. The third-order valence-corrected chi connectivity index (χ3v) is 3.65. The van der Waals surface area contributed by atoms with Crippen molar-refractivity contribution in [1.82, 2.24) is 0 Å². The zero-order chi connectivity index (χ0) is 12.3. The molecule has 0 aromatic carbocycles. The van der Waals surface area contributed by atoms with Crippen molar-refractivity contribution in [2.45, 2.75) is 71.1 Å². The Labute approximate surface area is 116 Å². The summed E-state index contributed by atoms with van der Waals surface area (Å²) in [4.78, 5) is 20.7. The van der Waals surface area contributed by atoms with E-state index in [1.165, 1.54) is 44.9 Å². The van der Waals surface area contributed by atoms with Crippen LogP contribution in [0, 0.1) is 0 Å². The van der Waals surface area contributed by atoms with Crippen molar-refractivity contribution in [1.29, 1.82) is 0 Å². The monoisotopic (exact) mass is 306 g/mol. The third kappa shape index (κ3) is 19.2. The van der Waals surface area contributed by atoms with Crippen molar-refractivity contribution in [2.24, 2.45) is 0 Å². The summed E-state index contributed by atoms with van der Waals surface area (Å²) >= 11 is 0. The molecule has 0 fully saturated rings. The Morgan fingerprint density at radius 2 is 1.12 bits per heavy atom. The molecule has 17 heavy (non-hydrogen) atoms. The first-order chi connectivity index (χ1) is 7.56. The van der Waals surface area contributed by atoms with E-state index < -0.39 is 7.60 Å². The van der Waals surface area contributed by atoms with Gasteiger partial charge in [0.05, 0.1) is 0 Å². The molecule has 0 spiro atoms. The second-order valence-electron chi connectivity index (χ2n) is 4.52. The molecule has 0 saturated carbocycles. The fraction of sp³-hybridized carbons (Fsp3) is 1.00. The molecule has 5 heteroatoms. The SMILES string of the molecule is CCCCCCCCCCCCP(=O)([O-])[O-].[Ni+2]. The molecule has 0 saturated heterocycles. The van der Waals surface area contributed by atoms with E-state index >= 15 is 0 Å². The Hall–Kier alpha value is 0.644. The Morgan fingerprint density at radius 1 is 0.765 bits per heavy atom. The standard InChI is InChI=1S/C12H27O3P.Ni/c1-2-3-4-5-6-7-8-9-10-11-12-16(13,14)15;/h2-12H2,1H3,(H2,13,14,15);/q;+2/p-2. The van der Waals surface area contributed by atoms with Crippen molar-refractivity contribution < 1.29 is 30.8 Å². The van der Waals surface area contributed by atoms with Crippen LogP contribution in [0.25, 0.3) is 0 Å². The minimum Gasteiger partial charge on any atom is -0.811 e. The topological polar surface area (TPSA) is 63.2 Å². The summed E-state index contributed by atoms with van der Waals surface area (Å²) in [5.41, 5.74) is 0. The third-order valence-electron chi connectivity index (χ3n) is 2.79. The van der Waals surface area contributed by atoms with Crippen LogP contribution in [0.4, 0.5) is 0 Å². The van der Waals surface area contributed by atoms with Gasteiger partial charge in [0.25, 0.3) is 0 Å². The fourth-order valence-electron chi connectivity index (χ4n) is 1.79. The van der Waals surface area contributed by atoms with Crippen LogP contribution in [0.15, 0.2) is 0 Å². The predicted octanol–water partition coefficient (Wildman–Crippen LogP) is 2.82. The van der Waals surface area contributed by atoms with Crippen molar-refractivity contribution in [3.8, 4) is 0 Å². The number of rotatable bonds is 11. The molecule has 0 atom stereocenters. The quantitative estimate of drug-likeness (QED) is 0.335. The zero-order valence-electron chi connectivity index (χ0n) is 10.8. The average molecular weight is 307 g/mol. The molecule has 0 aromatic heterocycles. The van der Waals surface area contributed by atoms with E-state index in [9.17, 15) is 14.4 Å². The maximum Gasteiger partial charge on any atom is 2.00 e. The van der Waals surface area contributed by atoms with Crippen LogP contribution in [0.2, 0.25) is 0 Å². The van der Waals surface area contributed by atoms with E-state index in [0.29, 0.717) is 6.42 Å². The summed E-state index contributed by atoms with van der Waals surface area (Å²) in [7, 11) is -4.24. The van der Waals surface area contributed by atoms with E-state index in [4.69, 9.17) is 0 Å². The van der Waals surface area contributed by atoms with Crippen molar-refractivity contribution in [3.63, 3.8) is 0 Å². The van der Waals surface area contributed by atoms with Gasteiger partial charge in [0.1, 0.15) is 0 Å². The molecule has 0 radical (unpaired) electrons. The van der Waals surface area contributed by atoms with Gasteiger partial charge in [-0.25, -0.2) is 0 Å². The van der Waals surface area contributed by atoms with Gasteiger partial charge in [-0.3, -0.25) is 0 Å². The summed E-state index contributed by atoms with van der Waals surface area (Å²) in [6, 6.07) is 0. The van der Waals surface area contributed by atoms with E-state index in [1.54, 1.807) is 0 Å². The predicted molar refractivity (Wildman–Crippen MR) is 64.3 cm³/mol.